The zero-order valence-corrected chi connectivity index (χ0v) is 15.7. The van der Waals surface area contributed by atoms with Crippen LogP contribution in [0.1, 0.15) is 55.7 Å². The molecule has 2 aliphatic carbocycles. The van der Waals surface area contributed by atoms with E-state index < -0.39 is 0 Å². The van der Waals surface area contributed by atoms with Crippen molar-refractivity contribution in [2.75, 3.05) is 0 Å². The van der Waals surface area contributed by atoms with Gasteiger partial charge in [-0.05, 0) is 30.4 Å². The fourth-order valence-electron chi connectivity index (χ4n) is 4.12. The van der Waals surface area contributed by atoms with Gasteiger partial charge in [-0.3, -0.25) is 0 Å². The van der Waals surface area contributed by atoms with E-state index in [1.807, 2.05) is 12.1 Å². The lowest BCUT2D eigenvalue weighted by molar-refractivity contribution is 0.227. The maximum Gasteiger partial charge on any atom is 0.209 e. The largest absolute Gasteiger partial charge is 0.227 e. The van der Waals surface area contributed by atoms with Gasteiger partial charge in [-0.1, -0.05) is 61.4 Å². The lowest BCUT2D eigenvalue weighted by atomic mass is 9.70. The normalized spacial score (nSPS) is 27.8. The van der Waals surface area contributed by atoms with E-state index in [0.717, 1.165) is 10.7 Å². The number of fused-ring (bicyclic) bond motifs is 5. The summed E-state index contributed by atoms with van der Waals surface area (Å²) in [6.45, 7) is 7.13. The van der Waals surface area contributed by atoms with Crippen LogP contribution < -0.4 is 0 Å². The Balaban J connectivity index is 1.67. The predicted octanol–water partition coefficient (Wildman–Crippen LogP) is 6.38. The molecule has 23 heavy (non-hydrogen) atoms. The molecule has 1 aromatic carbocycles. The SMILES string of the molecule is CC12CCC(c3sc(N=Cc4ccc(Cl)cc4Cl)nc31)C2(C)C. The molecule has 1 fully saturated rings. The van der Waals surface area contributed by atoms with Gasteiger partial charge in [0.25, 0.3) is 0 Å². The van der Waals surface area contributed by atoms with E-state index in [1.54, 1.807) is 23.6 Å². The summed E-state index contributed by atoms with van der Waals surface area (Å²) in [6, 6.07) is 5.43. The number of rotatable bonds is 2. The summed E-state index contributed by atoms with van der Waals surface area (Å²) >= 11 is 13.9. The second kappa shape index (κ2) is 5.05. The molecule has 2 aliphatic rings. The molecule has 0 amide bonds. The highest BCUT2D eigenvalue weighted by molar-refractivity contribution is 7.15. The molecule has 0 N–H and O–H groups in total. The fraction of sp³-hybridized carbons (Fsp3) is 0.444. The topological polar surface area (TPSA) is 25.2 Å². The van der Waals surface area contributed by atoms with Crippen molar-refractivity contribution in [2.45, 2.75) is 44.9 Å². The van der Waals surface area contributed by atoms with Gasteiger partial charge in [-0.25, -0.2) is 9.98 Å². The van der Waals surface area contributed by atoms with Crippen LogP contribution in [0, 0.1) is 5.41 Å². The first-order valence-electron chi connectivity index (χ1n) is 7.83. The molecular weight excluding hydrogens is 347 g/mol. The van der Waals surface area contributed by atoms with Crippen LogP contribution in [0.15, 0.2) is 23.2 Å². The average Bonchev–Trinajstić information content (AvgIpc) is 3.04. The number of aromatic nitrogens is 1. The Kier molecular flexibility index (Phi) is 3.43. The van der Waals surface area contributed by atoms with Crippen molar-refractivity contribution in [3.63, 3.8) is 0 Å². The van der Waals surface area contributed by atoms with E-state index in [4.69, 9.17) is 28.2 Å². The third-order valence-corrected chi connectivity index (χ3v) is 7.62. The van der Waals surface area contributed by atoms with Crippen LogP contribution in [0.2, 0.25) is 10.0 Å². The quantitative estimate of drug-likeness (QED) is 0.567. The number of halogens is 2. The maximum atomic E-state index is 6.19. The van der Waals surface area contributed by atoms with E-state index in [2.05, 4.69) is 25.8 Å². The smallest absolute Gasteiger partial charge is 0.209 e. The molecule has 2 nitrogen and oxygen atoms in total. The Morgan fingerprint density at radius 1 is 1.30 bits per heavy atom. The van der Waals surface area contributed by atoms with E-state index in [0.29, 0.717) is 21.4 Å². The summed E-state index contributed by atoms with van der Waals surface area (Å²) in [7, 11) is 0. The molecule has 120 valence electrons. The molecular formula is C18H18Cl2N2S. The standard InChI is InChI=1S/C18H18Cl2N2S/c1-17(2)12-6-7-18(17,3)15-14(12)23-16(22-15)21-9-10-4-5-11(19)8-13(10)20/h4-5,8-9,12H,6-7H2,1-3H3. The highest BCUT2D eigenvalue weighted by Crippen LogP contribution is 2.69. The van der Waals surface area contributed by atoms with Gasteiger partial charge in [0.2, 0.25) is 5.13 Å². The molecule has 2 atom stereocenters. The van der Waals surface area contributed by atoms with Gasteiger partial charge in [-0.2, -0.15) is 0 Å². The second-order valence-corrected chi connectivity index (χ2v) is 9.13. The van der Waals surface area contributed by atoms with Crippen molar-refractivity contribution in [1.29, 1.82) is 0 Å². The van der Waals surface area contributed by atoms with E-state index in [-0.39, 0.29) is 5.41 Å². The number of benzene rings is 1. The molecule has 0 radical (unpaired) electrons. The maximum absolute atomic E-state index is 6.19. The fourth-order valence-corrected chi connectivity index (χ4v) is 5.94. The Hall–Kier alpha value is -0.900. The van der Waals surface area contributed by atoms with Crippen LogP contribution in [0.4, 0.5) is 5.13 Å². The molecule has 0 saturated heterocycles. The highest BCUT2D eigenvalue weighted by atomic mass is 35.5. The molecule has 2 bridgehead atoms. The molecule has 2 unspecified atom stereocenters. The molecule has 4 rings (SSSR count). The van der Waals surface area contributed by atoms with Crippen LogP contribution in [0.25, 0.3) is 0 Å². The number of hydrogen-bond acceptors (Lipinski definition) is 3. The minimum Gasteiger partial charge on any atom is -0.227 e. The number of hydrogen-bond donors (Lipinski definition) is 0. The highest BCUT2D eigenvalue weighted by Gasteiger charge is 2.61. The van der Waals surface area contributed by atoms with Crippen molar-refractivity contribution in [3.05, 3.63) is 44.4 Å². The summed E-state index contributed by atoms with van der Waals surface area (Å²) in [5.74, 6) is 0.628. The van der Waals surface area contributed by atoms with Crippen LogP contribution in [-0.2, 0) is 5.41 Å². The lowest BCUT2D eigenvalue weighted by Gasteiger charge is -2.34. The monoisotopic (exact) mass is 364 g/mol. The Morgan fingerprint density at radius 2 is 2.09 bits per heavy atom. The summed E-state index contributed by atoms with van der Waals surface area (Å²) in [5.41, 5.74) is 2.64. The zero-order valence-electron chi connectivity index (χ0n) is 13.4. The predicted molar refractivity (Wildman–Crippen MR) is 98.9 cm³/mol. The molecule has 5 heteroatoms. The molecule has 0 spiro atoms. The van der Waals surface area contributed by atoms with E-state index in [9.17, 15) is 0 Å². The van der Waals surface area contributed by atoms with Crippen molar-refractivity contribution in [1.82, 2.24) is 4.98 Å². The second-order valence-electron chi connectivity index (χ2n) is 7.28. The van der Waals surface area contributed by atoms with Crippen molar-refractivity contribution in [2.24, 2.45) is 10.4 Å². The Bertz CT molecular complexity index is 824. The molecule has 1 saturated carbocycles. The van der Waals surface area contributed by atoms with Crippen LogP contribution in [0.5, 0.6) is 0 Å². The number of nitrogens with zero attached hydrogens (tertiary/aromatic N) is 2. The molecule has 1 heterocycles. The van der Waals surface area contributed by atoms with Crippen molar-refractivity contribution >= 4 is 45.9 Å². The molecule has 0 aliphatic heterocycles. The van der Waals surface area contributed by atoms with Crippen LogP contribution in [0.3, 0.4) is 0 Å². The van der Waals surface area contributed by atoms with Gasteiger partial charge >= 0.3 is 0 Å². The van der Waals surface area contributed by atoms with E-state index >= 15 is 0 Å². The molecule has 2 aromatic rings. The third-order valence-electron chi connectivity index (χ3n) is 5.98. The van der Waals surface area contributed by atoms with Crippen molar-refractivity contribution < 1.29 is 0 Å². The minimum atomic E-state index is 0.190. The minimum absolute atomic E-state index is 0.190. The van der Waals surface area contributed by atoms with Crippen LogP contribution in [-0.4, -0.2) is 11.2 Å². The summed E-state index contributed by atoms with van der Waals surface area (Å²) in [4.78, 5) is 10.9. The van der Waals surface area contributed by atoms with E-state index in [1.165, 1.54) is 23.4 Å². The number of aliphatic imine (C=N–C) groups is 1. The Morgan fingerprint density at radius 3 is 2.78 bits per heavy atom. The van der Waals surface area contributed by atoms with Gasteiger partial charge in [0.05, 0.1) is 10.7 Å². The third kappa shape index (κ3) is 2.13. The molecule has 1 aromatic heterocycles. The first kappa shape index (κ1) is 15.6. The first-order valence-corrected chi connectivity index (χ1v) is 9.40. The summed E-state index contributed by atoms with van der Waals surface area (Å²) in [6.07, 6.45) is 4.28. The average molecular weight is 365 g/mol. The summed E-state index contributed by atoms with van der Waals surface area (Å²) < 4.78 is 0. The van der Waals surface area contributed by atoms with Gasteiger partial charge in [0.15, 0.2) is 0 Å². The van der Waals surface area contributed by atoms with Gasteiger partial charge in [-0.15, -0.1) is 0 Å². The lowest BCUT2D eigenvalue weighted by Crippen LogP contribution is -2.31. The summed E-state index contributed by atoms with van der Waals surface area (Å²) in [5, 5.41) is 2.07. The van der Waals surface area contributed by atoms with Gasteiger partial charge < -0.3 is 0 Å². The van der Waals surface area contributed by atoms with Crippen molar-refractivity contribution in [3.8, 4) is 0 Å². The van der Waals surface area contributed by atoms with Crippen LogP contribution >= 0.6 is 34.5 Å². The number of thiazole rings is 1. The van der Waals surface area contributed by atoms with Gasteiger partial charge in [0, 0.05) is 33.0 Å². The Labute approximate surface area is 150 Å². The van der Waals surface area contributed by atoms with Gasteiger partial charge in [0.1, 0.15) is 0 Å². The first-order chi connectivity index (χ1) is 10.8. The zero-order chi connectivity index (χ0) is 16.4.